The number of Topliss-reactive ketones (excluding diaryl/α,β-unsaturated/α-hetero) is 1. The molecular weight excluding hydrogens is 1110 g/mol. The van der Waals surface area contributed by atoms with Gasteiger partial charge in [-0.25, -0.2) is 13.2 Å². The van der Waals surface area contributed by atoms with Gasteiger partial charge in [0, 0.05) is 58.9 Å². The second kappa shape index (κ2) is 32.7. The number of allylic oxidation sites excluding steroid dienone is 4. The number of ketones is 4. The number of nitro benzene ring substituents is 3. The van der Waals surface area contributed by atoms with E-state index in [-0.39, 0.29) is 67.5 Å². The highest BCUT2D eigenvalue weighted by Crippen LogP contribution is 2.39. The highest BCUT2D eigenvalue weighted by molar-refractivity contribution is 6.51. The maximum Gasteiger partial charge on any atom is 0.296 e. The lowest BCUT2D eigenvalue weighted by Crippen LogP contribution is -2.36. The summed E-state index contributed by atoms with van der Waals surface area (Å²) in [6.45, 7) is 7.84. The normalized spacial score (nSPS) is 14.2. The first-order valence-electron chi connectivity index (χ1n) is 24.3. The van der Waals surface area contributed by atoms with Crippen LogP contribution in [0.2, 0.25) is 0 Å². The predicted octanol–water partition coefficient (Wildman–Crippen LogP) is 11.6. The maximum atomic E-state index is 13.4. The van der Waals surface area contributed by atoms with Gasteiger partial charge in [0.25, 0.3) is 40.6 Å². The van der Waals surface area contributed by atoms with E-state index in [2.05, 4.69) is 35.1 Å². The molecule has 9 rings (SSSR count). The van der Waals surface area contributed by atoms with Crippen LogP contribution in [0.15, 0.2) is 152 Å². The van der Waals surface area contributed by atoms with Gasteiger partial charge in [-0.1, -0.05) is 54.4 Å². The molecule has 85 heavy (non-hydrogen) atoms. The molecule has 3 amide bonds. The van der Waals surface area contributed by atoms with Gasteiger partial charge < -0.3 is 26.4 Å². The highest BCUT2D eigenvalue weighted by Gasteiger charge is 2.46. The maximum absolute atomic E-state index is 13.4. The summed E-state index contributed by atoms with van der Waals surface area (Å²) in [6.07, 6.45) is 8.88. The number of amides is 3. The zero-order valence-corrected chi connectivity index (χ0v) is 43.5. The Labute approximate surface area is 486 Å². The number of halogens is 3. The molecule has 0 spiro atoms. The first kappa shape index (κ1) is 70.4. The summed E-state index contributed by atoms with van der Waals surface area (Å²) < 4.78 is 39.3. The lowest BCUT2D eigenvalue weighted by Gasteiger charge is -2.19. The minimum atomic E-state index is -2.14. The number of hydrogen-bond acceptors (Lipinski definition) is 15. The van der Waals surface area contributed by atoms with Gasteiger partial charge in [-0.05, 0) is 152 Å². The van der Waals surface area contributed by atoms with E-state index in [1.54, 1.807) is 18.2 Å². The van der Waals surface area contributed by atoms with Crippen molar-refractivity contribution in [1.82, 2.24) is 5.32 Å². The minimum Gasteiger partial charge on any atom is -0.375 e. The Morgan fingerprint density at radius 1 is 0.553 bits per heavy atom. The van der Waals surface area contributed by atoms with Gasteiger partial charge in [-0.3, -0.25) is 63.9 Å². The third kappa shape index (κ3) is 20.0. The molecule has 6 aromatic carbocycles. The van der Waals surface area contributed by atoms with Crippen LogP contribution in [0.5, 0.6) is 0 Å². The van der Waals surface area contributed by atoms with Gasteiger partial charge in [0.1, 0.15) is 17.5 Å². The molecule has 1 unspecified atom stereocenters. The third-order valence-corrected chi connectivity index (χ3v) is 11.4. The van der Waals surface area contributed by atoms with E-state index in [9.17, 15) is 82.2 Å². The first-order chi connectivity index (χ1) is 38.9. The number of non-ortho nitro benzene ring substituents is 3. The number of rotatable bonds is 14. The highest BCUT2D eigenvalue weighted by atomic mass is 19.1. The SMILES string of the molecule is C.C.C.CC(=O)/C=C/c1ccc([N+](=O)[O-])cc1.CCNCC.O=C(/C=C/c1ccc([N+](=O)[O-])cc1)/C=C1/C(=O)Nc2ccc(F)cc21.O=C(/C=C/c1ccc([N+](=O)[O-])cc1)CC1(O)C(=O)Nc2ccc(F)cc21.O=C1Nc2ccc(F)cc2C1=O. The van der Waals surface area contributed by atoms with Crippen LogP contribution >= 0.6 is 0 Å². The number of nitro groups is 3. The number of aliphatic hydroxyl groups is 1. The Morgan fingerprint density at radius 3 is 1.39 bits per heavy atom. The van der Waals surface area contributed by atoms with E-state index in [0.29, 0.717) is 28.1 Å². The van der Waals surface area contributed by atoms with Crippen molar-refractivity contribution in [3.63, 3.8) is 0 Å². The number of carbonyl (C=O) groups excluding carboxylic acids is 7. The largest absolute Gasteiger partial charge is 0.375 e. The topological polar surface area (TPSA) is 317 Å². The van der Waals surface area contributed by atoms with Crippen LogP contribution in [-0.2, 0) is 34.4 Å². The average Bonchev–Trinajstić information content (AvgIpc) is 1.80. The molecule has 3 aliphatic rings. The van der Waals surface area contributed by atoms with Crippen molar-refractivity contribution in [3.8, 4) is 0 Å². The minimum absolute atomic E-state index is 0. The molecule has 0 aromatic heterocycles. The van der Waals surface area contributed by atoms with Crippen molar-refractivity contribution in [2.24, 2.45) is 0 Å². The van der Waals surface area contributed by atoms with Crippen LogP contribution in [0.1, 0.15) is 87.6 Å². The molecule has 24 heteroatoms. The molecule has 21 nitrogen and oxygen atoms in total. The molecule has 0 saturated carbocycles. The summed E-state index contributed by atoms with van der Waals surface area (Å²) in [6, 6.07) is 28.1. The standard InChI is InChI=1S/C18H13FN2O5.C18H11FN2O4.C10H9NO3.C8H4FNO2.C4H11N.3CH4/c19-12-4-8-16-15(9-12)18(24,17(23)20-16)10-14(22)7-3-11-1-5-13(6-2-11)21(25)26;19-12-4-8-17-15(9-12)16(18(23)20-17)10-14(22)7-3-11-1-5-13(6-2-11)21(24)25;1-8(12)2-3-9-4-6-10(7-5-9)11(13)14;9-4-1-2-6-5(3-4)7(11)8(12)10-6;1-3-5-4-2;;;/h1-9,24H,10H2,(H,20,23);1-10H,(H,20,23);2-7H,1H3;1-3H,(H,10,11,12);5H,3-4H2,1-2H3;3*1H4/b7-3+;7-3+,16-10+;3-2+;;;;;. The van der Waals surface area contributed by atoms with Gasteiger partial charge in [0.15, 0.2) is 23.0 Å². The summed E-state index contributed by atoms with van der Waals surface area (Å²) in [7, 11) is 0. The quantitative estimate of drug-likeness (QED) is 0.0293. The molecule has 0 radical (unpaired) electrons. The van der Waals surface area contributed by atoms with Gasteiger partial charge in [-0.15, -0.1) is 0 Å². The number of nitrogens with one attached hydrogen (secondary N) is 4. The molecular formula is C61H60F3N7O14. The third-order valence-electron chi connectivity index (χ3n) is 11.4. The smallest absolute Gasteiger partial charge is 0.296 e. The van der Waals surface area contributed by atoms with E-state index in [0.717, 1.165) is 49.0 Å². The van der Waals surface area contributed by atoms with Crippen molar-refractivity contribution >= 4 is 98.8 Å². The van der Waals surface area contributed by atoms with Crippen LogP contribution in [0.25, 0.3) is 23.8 Å². The van der Waals surface area contributed by atoms with E-state index in [1.807, 2.05) is 0 Å². The monoisotopic (exact) mass is 1170 g/mol. The second-order valence-electron chi connectivity index (χ2n) is 17.3. The van der Waals surface area contributed by atoms with Gasteiger partial charge in [-0.2, -0.15) is 0 Å². The second-order valence-corrected chi connectivity index (χ2v) is 17.3. The molecule has 6 aromatic rings. The predicted molar refractivity (Wildman–Crippen MR) is 317 cm³/mol. The summed E-state index contributed by atoms with van der Waals surface area (Å²) in [4.78, 5) is 110. The molecule has 0 aliphatic carbocycles. The molecule has 0 saturated heterocycles. The number of nitrogens with zero attached hydrogens (tertiary/aromatic N) is 3. The average molecular weight is 1170 g/mol. The van der Waals surface area contributed by atoms with Crippen molar-refractivity contribution in [3.05, 3.63) is 233 Å². The van der Waals surface area contributed by atoms with E-state index in [4.69, 9.17) is 0 Å². The number of anilines is 3. The molecule has 444 valence electrons. The van der Waals surface area contributed by atoms with Crippen LogP contribution in [0.3, 0.4) is 0 Å². The fraction of sp³-hybridized carbons (Fsp3) is 0.164. The summed E-state index contributed by atoms with van der Waals surface area (Å²) in [5.41, 5.74) is 1.32. The number of carbonyl (C=O) groups is 7. The van der Waals surface area contributed by atoms with E-state index in [1.165, 1.54) is 128 Å². The number of benzene rings is 6. The van der Waals surface area contributed by atoms with E-state index < -0.39 is 79.3 Å². The molecule has 0 bridgehead atoms. The van der Waals surface area contributed by atoms with Crippen LogP contribution in [0, 0.1) is 47.8 Å². The van der Waals surface area contributed by atoms with Crippen molar-refractivity contribution in [2.75, 3.05) is 29.0 Å². The Bertz CT molecular complexity index is 3600. The zero-order chi connectivity index (χ0) is 60.3. The lowest BCUT2D eigenvalue weighted by molar-refractivity contribution is -0.385. The Kier molecular flexibility index (Phi) is 27.0. The molecule has 3 heterocycles. The molecule has 1 atom stereocenters. The van der Waals surface area contributed by atoms with Crippen LogP contribution in [-0.4, -0.2) is 73.8 Å². The fourth-order valence-corrected chi connectivity index (χ4v) is 7.36. The first-order valence-corrected chi connectivity index (χ1v) is 24.3. The van der Waals surface area contributed by atoms with Gasteiger partial charge in [0.05, 0.1) is 38.0 Å². The molecule has 3 aliphatic heterocycles. The number of fused-ring (bicyclic) bond motifs is 3. The summed E-state index contributed by atoms with van der Waals surface area (Å²) in [5, 5.41) is 52.5. The van der Waals surface area contributed by atoms with Gasteiger partial charge in [0.2, 0.25) is 0 Å². The summed E-state index contributed by atoms with van der Waals surface area (Å²) in [5.74, 6) is -5.36. The van der Waals surface area contributed by atoms with Crippen molar-refractivity contribution in [1.29, 1.82) is 0 Å². The number of hydrogen-bond donors (Lipinski definition) is 5. The Morgan fingerprint density at radius 2 is 0.953 bits per heavy atom. The molecule has 5 N–H and O–H groups in total. The Hall–Kier alpha value is -10.7. The fourth-order valence-electron chi connectivity index (χ4n) is 7.36. The summed E-state index contributed by atoms with van der Waals surface area (Å²) >= 11 is 0. The molecule has 0 fully saturated rings. The van der Waals surface area contributed by atoms with Crippen molar-refractivity contribution in [2.45, 2.75) is 55.1 Å². The lowest BCUT2D eigenvalue weighted by atomic mass is 9.89. The Balaban J connectivity index is 0.000000387. The van der Waals surface area contributed by atoms with Crippen molar-refractivity contribution < 1.29 is 66.6 Å². The van der Waals surface area contributed by atoms with Crippen LogP contribution < -0.4 is 21.3 Å². The van der Waals surface area contributed by atoms with E-state index >= 15 is 0 Å². The van der Waals surface area contributed by atoms with Gasteiger partial charge >= 0.3 is 0 Å². The zero-order valence-electron chi connectivity index (χ0n) is 43.5. The van der Waals surface area contributed by atoms with Crippen LogP contribution in [0.4, 0.5) is 47.3 Å².